The second kappa shape index (κ2) is 10.1. The molecule has 0 aromatic heterocycles. The van der Waals surface area contributed by atoms with Gasteiger partial charge in [0, 0.05) is 5.92 Å². The van der Waals surface area contributed by atoms with Gasteiger partial charge in [0.1, 0.15) is 0 Å². The highest BCUT2D eigenvalue weighted by atomic mass is 14.3. The SMILES string of the molecule is CC.CCC1CCC(C2=c3ccccc3=CC(c3ccccc3)c3ccccc32)CC1. The third kappa shape index (κ3) is 4.40. The first-order valence-corrected chi connectivity index (χ1v) is 12.3. The first-order valence-electron chi connectivity index (χ1n) is 12.3. The predicted molar refractivity (Wildman–Crippen MR) is 134 cm³/mol. The molecular formula is C31H36. The molecule has 0 saturated heterocycles. The van der Waals surface area contributed by atoms with Gasteiger partial charge in [0.15, 0.2) is 0 Å². The Morgan fingerprint density at radius 1 is 0.710 bits per heavy atom. The van der Waals surface area contributed by atoms with Gasteiger partial charge >= 0.3 is 0 Å². The van der Waals surface area contributed by atoms with E-state index in [4.69, 9.17) is 0 Å². The molecule has 3 aromatic carbocycles. The Morgan fingerprint density at radius 2 is 1.35 bits per heavy atom. The van der Waals surface area contributed by atoms with Gasteiger partial charge in [0.05, 0.1) is 0 Å². The van der Waals surface area contributed by atoms with Crippen molar-refractivity contribution in [3.8, 4) is 0 Å². The Kier molecular flexibility index (Phi) is 7.07. The summed E-state index contributed by atoms with van der Waals surface area (Å²) in [6, 6.07) is 29.3. The van der Waals surface area contributed by atoms with E-state index >= 15 is 0 Å². The minimum absolute atomic E-state index is 0.304. The lowest BCUT2D eigenvalue weighted by molar-refractivity contribution is 0.309. The minimum atomic E-state index is 0.304. The Labute approximate surface area is 188 Å². The molecule has 31 heavy (non-hydrogen) atoms. The minimum Gasteiger partial charge on any atom is -0.0683 e. The summed E-state index contributed by atoms with van der Waals surface area (Å²) in [5.41, 5.74) is 5.91. The van der Waals surface area contributed by atoms with Crippen LogP contribution in [-0.2, 0) is 0 Å². The molecule has 0 N–H and O–H groups in total. The van der Waals surface area contributed by atoms with Gasteiger partial charge in [-0.25, -0.2) is 0 Å². The quantitative estimate of drug-likeness (QED) is 0.435. The van der Waals surface area contributed by atoms with E-state index in [1.54, 1.807) is 5.57 Å². The standard InChI is InChI=1S/C29H30.C2H6/c1-2-21-16-18-23(19-17-21)29-25-13-7-6-12-24(25)20-28(22-10-4-3-5-11-22)26-14-8-9-15-27(26)29;1-2/h3-15,20-21,23,28H,2,16-19H2,1H3;1-2H3. The number of fused-ring (bicyclic) bond motifs is 2. The lowest BCUT2D eigenvalue weighted by Crippen LogP contribution is -2.30. The van der Waals surface area contributed by atoms with E-state index in [1.807, 2.05) is 13.8 Å². The molecule has 1 saturated carbocycles. The van der Waals surface area contributed by atoms with Crippen molar-refractivity contribution >= 4 is 11.6 Å². The van der Waals surface area contributed by atoms with Gasteiger partial charge in [-0.2, -0.15) is 0 Å². The summed E-state index contributed by atoms with van der Waals surface area (Å²) >= 11 is 0. The summed E-state index contributed by atoms with van der Waals surface area (Å²) in [5, 5.41) is 2.85. The van der Waals surface area contributed by atoms with Crippen molar-refractivity contribution in [1.82, 2.24) is 0 Å². The normalized spacial score (nSPS) is 22.2. The van der Waals surface area contributed by atoms with Crippen molar-refractivity contribution in [2.75, 3.05) is 0 Å². The zero-order valence-electron chi connectivity index (χ0n) is 19.4. The predicted octanol–water partition coefficient (Wildman–Crippen LogP) is 7.05. The van der Waals surface area contributed by atoms with Crippen molar-refractivity contribution in [2.45, 2.75) is 58.8 Å². The van der Waals surface area contributed by atoms with Crippen LogP contribution in [0.25, 0.3) is 11.6 Å². The van der Waals surface area contributed by atoms with E-state index in [0.717, 1.165) is 5.92 Å². The maximum Gasteiger partial charge on any atom is 0.0284 e. The first kappa shape index (κ1) is 21.6. The van der Waals surface area contributed by atoms with E-state index in [2.05, 4.69) is 91.9 Å². The highest BCUT2D eigenvalue weighted by molar-refractivity contribution is 5.74. The summed E-state index contributed by atoms with van der Waals surface area (Å²) in [6.07, 6.45) is 9.23. The number of rotatable bonds is 3. The van der Waals surface area contributed by atoms with Gasteiger partial charge in [-0.3, -0.25) is 0 Å². The Hall–Kier alpha value is -2.60. The van der Waals surface area contributed by atoms with Crippen LogP contribution in [-0.4, -0.2) is 0 Å². The van der Waals surface area contributed by atoms with Crippen LogP contribution in [0.4, 0.5) is 0 Å². The molecule has 160 valence electrons. The average Bonchev–Trinajstić information content (AvgIpc) is 3.00. The van der Waals surface area contributed by atoms with E-state index in [9.17, 15) is 0 Å². The van der Waals surface area contributed by atoms with Crippen LogP contribution >= 0.6 is 0 Å². The van der Waals surface area contributed by atoms with Crippen LogP contribution in [0.1, 0.15) is 75.5 Å². The zero-order chi connectivity index (χ0) is 21.6. The van der Waals surface area contributed by atoms with Gasteiger partial charge < -0.3 is 0 Å². The Balaban J connectivity index is 0.00000112. The summed E-state index contributed by atoms with van der Waals surface area (Å²) in [7, 11) is 0. The van der Waals surface area contributed by atoms with Gasteiger partial charge in [0.2, 0.25) is 0 Å². The lowest BCUT2D eigenvalue weighted by atomic mass is 9.74. The molecule has 0 bridgehead atoms. The van der Waals surface area contributed by atoms with Crippen molar-refractivity contribution in [2.24, 2.45) is 11.8 Å². The molecule has 0 heterocycles. The summed E-state index contributed by atoms with van der Waals surface area (Å²) < 4.78 is 0. The van der Waals surface area contributed by atoms with Gasteiger partial charge in [-0.15, -0.1) is 0 Å². The van der Waals surface area contributed by atoms with Gasteiger partial charge in [0.25, 0.3) is 0 Å². The highest BCUT2D eigenvalue weighted by Gasteiger charge is 2.28. The van der Waals surface area contributed by atoms with Crippen LogP contribution in [0.5, 0.6) is 0 Å². The van der Waals surface area contributed by atoms with Crippen molar-refractivity contribution in [1.29, 1.82) is 0 Å². The van der Waals surface area contributed by atoms with Gasteiger partial charge in [-0.05, 0) is 70.2 Å². The molecule has 1 atom stereocenters. The number of hydrogen-bond donors (Lipinski definition) is 0. The van der Waals surface area contributed by atoms with E-state index in [0.29, 0.717) is 11.8 Å². The molecule has 1 unspecified atom stereocenters. The van der Waals surface area contributed by atoms with Crippen molar-refractivity contribution < 1.29 is 0 Å². The largest absolute Gasteiger partial charge is 0.0683 e. The highest BCUT2D eigenvalue weighted by Crippen LogP contribution is 2.41. The fourth-order valence-corrected chi connectivity index (χ4v) is 5.55. The summed E-state index contributed by atoms with van der Waals surface area (Å²) in [4.78, 5) is 0. The first-order chi connectivity index (χ1) is 15.3. The second-order valence-corrected chi connectivity index (χ2v) is 8.77. The maximum atomic E-state index is 2.49. The second-order valence-electron chi connectivity index (χ2n) is 8.77. The average molecular weight is 409 g/mol. The smallest absolute Gasteiger partial charge is 0.0284 e. The molecule has 1 fully saturated rings. The van der Waals surface area contributed by atoms with Crippen LogP contribution in [0, 0.1) is 11.8 Å². The topological polar surface area (TPSA) is 0 Å². The van der Waals surface area contributed by atoms with Crippen molar-refractivity contribution in [3.05, 3.63) is 106 Å². The molecule has 0 heteroatoms. The number of hydrogen-bond acceptors (Lipinski definition) is 0. The molecule has 0 aliphatic heterocycles. The molecule has 0 nitrogen and oxygen atoms in total. The maximum absolute atomic E-state index is 2.49. The Morgan fingerprint density at radius 3 is 2.10 bits per heavy atom. The molecule has 2 aliphatic rings. The van der Waals surface area contributed by atoms with E-state index in [1.165, 1.54) is 59.2 Å². The number of benzene rings is 3. The fraction of sp³-hybridized carbons (Fsp3) is 0.355. The van der Waals surface area contributed by atoms with Crippen LogP contribution in [0.15, 0.2) is 78.9 Å². The van der Waals surface area contributed by atoms with E-state index < -0.39 is 0 Å². The molecule has 5 rings (SSSR count). The molecule has 0 amide bonds. The monoisotopic (exact) mass is 408 g/mol. The Bertz CT molecular complexity index is 1100. The molecule has 0 spiro atoms. The van der Waals surface area contributed by atoms with Gasteiger partial charge in [-0.1, -0.05) is 112 Å². The third-order valence-corrected chi connectivity index (χ3v) is 7.17. The van der Waals surface area contributed by atoms with Crippen molar-refractivity contribution in [3.63, 3.8) is 0 Å². The molecule has 2 aliphatic carbocycles. The molecular weight excluding hydrogens is 372 g/mol. The summed E-state index contributed by atoms with van der Waals surface area (Å²) in [5.74, 6) is 1.90. The fourth-order valence-electron chi connectivity index (χ4n) is 5.55. The third-order valence-electron chi connectivity index (χ3n) is 7.17. The van der Waals surface area contributed by atoms with E-state index in [-0.39, 0.29) is 0 Å². The zero-order valence-corrected chi connectivity index (χ0v) is 19.4. The van der Waals surface area contributed by atoms with Crippen LogP contribution in [0.3, 0.4) is 0 Å². The van der Waals surface area contributed by atoms with Crippen LogP contribution in [0.2, 0.25) is 0 Å². The molecule has 3 aromatic rings. The lowest BCUT2D eigenvalue weighted by Gasteiger charge is -2.31. The summed E-state index contributed by atoms with van der Waals surface area (Å²) in [6.45, 7) is 6.35. The van der Waals surface area contributed by atoms with Crippen LogP contribution < -0.4 is 10.4 Å². The molecule has 0 radical (unpaired) electrons.